The lowest BCUT2D eigenvalue weighted by Gasteiger charge is -2.16. The number of carbonyl (C=O) groups excluding carboxylic acids is 1. The van der Waals surface area contributed by atoms with Crippen LogP contribution in [-0.4, -0.2) is 21.4 Å². The molecule has 3 rings (SSSR count). The predicted octanol–water partition coefficient (Wildman–Crippen LogP) is 4.16. The van der Waals surface area contributed by atoms with Gasteiger partial charge in [-0.1, -0.05) is 54.2 Å². The van der Waals surface area contributed by atoms with E-state index in [0.29, 0.717) is 17.5 Å². The molecule has 7 heteroatoms. The van der Waals surface area contributed by atoms with E-state index in [-0.39, 0.29) is 17.8 Å². The maximum atomic E-state index is 13.0. The molecule has 0 aliphatic heterocycles. The maximum Gasteiger partial charge on any atom is 0.277 e. The molecule has 0 bridgehead atoms. The van der Waals surface area contributed by atoms with Crippen molar-refractivity contribution in [1.29, 1.82) is 0 Å². The van der Waals surface area contributed by atoms with E-state index >= 15 is 0 Å². The number of benzene rings is 2. The van der Waals surface area contributed by atoms with Crippen LogP contribution in [0.3, 0.4) is 0 Å². The lowest BCUT2D eigenvalue weighted by Crippen LogP contribution is -2.33. The van der Waals surface area contributed by atoms with Crippen molar-refractivity contribution in [2.75, 3.05) is 0 Å². The summed E-state index contributed by atoms with van der Waals surface area (Å²) in [5, 5.41) is 10.9. The molecule has 5 nitrogen and oxygen atoms in total. The fraction of sp³-hybridized carbons (Fsp3) is 0.250. The van der Waals surface area contributed by atoms with Gasteiger partial charge in [0.05, 0.1) is 17.7 Å². The van der Waals surface area contributed by atoms with Gasteiger partial charge in [0.2, 0.25) is 11.8 Å². The number of amides is 1. The molecule has 1 amide bonds. The SMILES string of the molecule is C[C@@H](Sc1nnc(Cc2ccccc2)o1)C(=O)N[C@H](C)c1ccc(F)cc1. The number of aromatic nitrogens is 2. The summed E-state index contributed by atoms with van der Waals surface area (Å²) in [6.07, 6.45) is 0.552. The molecule has 3 aromatic rings. The zero-order chi connectivity index (χ0) is 19.2. The summed E-state index contributed by atoms with van der Waals surface area (Å²) >= 11 is 1.21. The predicted molar refractivity (Wildman–Crippen MR) is 102 cm³/mol. The van der Waals surface area contributed by atoms with Crippen LogP contribution in [0.1, 0.15) is 36.9 Å². The molecule has 0 spiro atoms. The van der Waals surface area contributed by atoms with Crippen molar-refractivity contribution in [3.8, 4) is 0 Å². The Morgan fingerprint density at radius 3 is 2.52 bits per heavy atom. The monoisotopic (exact) mass is 385 g/mol. The minimum Gasteiger partial charge on any atom is -0.416 e. The molecular formula is C20H20FN3O2S. The summed E-state index contributed by atoms with van der Waals surface area (Å²) < 4.78 is 18.6. The first-order chi connectivity index (χ1) is 13.0. The van der Waals surface area contributed by atoms with Crippen LogP contribution < -0.4 is 5.32 Å². The first-order valence-corrected chi connectivity index (χ1v) is 9.48. The third-order valence-electron chi connectivity index (χ3n) is 4.02. The van der Waals surface area contributed by atoms with Crippen molar-refractivity contribution in [3.63, 3.8) is 0 Å². The zero-order valence-corrected chi connectivity index (χ0v) is 15.9. The third-order valence-corrected chi connectivity index (χ3v) is 4.96. The van der Waals surface area contributed by atoms with Gasteiger partial charge in [-0.15, -0.1) is 10.2 Å². The highest BCUT2D eigenvalue weighted by Gasteiger charge is 2.20. The van der Waals surface area contributed by atoms with Gasteiger partial charge >= 0.3 is 0 Å². The first-order valence-electron chi connectivity index (χ1n) is 8.60. The lowest BCUT2D eigenvalue weighted by atomic mass is 10.1. The zero-order valence-electron chi connectivity index (χ0n) is 15.1. The molecule has 1 heterocycles. The molecule has 140 valence electrons. The van der Waals surface area contributed by atoms with Crippen LogP contribution in [0.2, 0.25) is 0 Å². The summed E-state index contributed by atoms with van der Waals surface area (Å²) in [6.45, 7) is 3.63. The van der Waals surface area contributed by atoms with Gasteiger partial charge in [0.15, 0.2) is 0 Å². The van der Waals surface area contributed by atoms with Crippen molar-refractivity contribution in [1.82, 2.24) is 15.5 Å². The highest BCUT2D eigenvalue weighted by Crippen LogP contribution is 2.23. The van der Waals surface area contributed by atoms with Crippen LogP contribution in [0.15, 0.2) is 64.2 Å². The van der Waals surface area contributed by atoms with Crippen LogP contribution in [0.4, 0.5) is 4.39 Å². The minimum atomic E-state index is -0.405. The Morgan fingerprint density at radius 2 is 1.81 bits per heavy atom. The van der Waals surface area contributed by atoms with E-state index in [1.807, 2.05) is 37.3 Å². The van der Waals surface area contributed by atoms with Gasteiger partial charge in [0.25, 0.3) is 5.22 Å². The molecule has 1 aromatic heterocycles. The second-order valence-electron chi connectivity index (χ2n) is 6.17. The van der Waals surface area contributed by atoms with Crippen LogP contribution in [0, 0.1) is 5.82 Å². The largest absolute Gasteiger partial charge is 0.416 e. The number of rotatable bonds is 7. The van der Waals surface area contributed by atoms with Crippen LogP contribution in [0.25, 0.3) is 0 Å². The number of nitrogens with one attached hydrogen (secondary N) is 1. The maximum absolute atomic E-state index is 13.0. The van der Waals surface area contributed by atoms with E-state index in [1.165, 1.54) is 23.9 Å². The molecule has 0 radical (unpaired) electrons. The number of halogens is 1. The Balaban J connectivity index is 1.54. The number of carbonyl (C=O) groups is 1. The molecule has 2 aromatic carbocycles. The second kappa shape index (κ2) is 8.81. The highest BCUT2D eigenvalue weighted by molar-refractivity contribution is 8.00. The van der Waals surface area contributed by atoms with E-state index in [1.54, 1.807) is 19.1 Å². The molecule has 0 aliphatic carbocycles. The summed E-state index contributed by atoms with van der Waals surface area (Å²) in [5.41, 5.74) is 1.92. The normalized spacial score (nSPS) is 13.1. The lowest BCUT2D eigenvalue weighted by molar-refractivity contribution is -0.120. The van der Waals surface area contributed by atoms with E-state index in [4.69, 9.17) is 4.42 Å². The molecule has 0 aliphatic rings. The standard InChI is InChI=1S/C20H20FN3O2S/c1-13(16-8-10-17(21)11-9-16)22-19(25)14(2)27-20-24-23-18(26-20)12-15-6-4-3-5-7-15/h3-11,13-14H,12H2,1-2H3,(H,22,25)/t13-,14-/m1/s1. The summed E-state index contributed by atoms with van der Waals surface area (Å²) in [5.74, 6) is 0.0551. The smallest absolute Gasteiger partial charge is 0.277 e. The Labute approximate surface area is 161 Å². The van der Waals surface area contributed by atoms with Crippen molar-refractivity contribution < 1.29 is 13.6 Å². The first kappa shape index (κ1) is 19.1. The quantitative estimate of drug-likeness (QED) is 0.619. The van der Waals surface area contributed by atoms with E-state index < -0.39 is 5.25 Å². The van der Waals surface area contributed by atoms with Crippen molar-refractivity contribution in [2.24, 2.45) is 0 Å². The van der Waals surface area contributed by atoms with E-state index in [9.17, 15) is 9.18 Å². The van der Waals surface area contributed by atoms with Crippen molar-refractivity contribution in [3.05, 3.63) is 77.4 Å². The topological polar surface area (TPSA) is 68.0 Å². The Hall–Kier alpha value is -2.67. The molecule has 0 saturated heterocycles. The van der Waals surface area contributed by atoms with Crippen molar-refractivity contribution in [2.45, 2.75) is 36.8 Å². The second-order valence-corrected chi connectivity index (χ2v) is 7.46. The van der Waals surface area contributed by atoms with Crippen molar-refractivity contribution >= 4 is 17.7 Å². The number of thioether (sulfide) groups is 1. The average molecular weight is 385 g/mol. The van der Waals surface area contributed by atoms with Gasteiger partial charge in [-0.25, -0.2) is 4.39 Å². The molecule has 1 N–H and O–H groups in total. The van der Waals surface area contributed by atoms with Gasteiger partial charge in [-0.3, -0.25) is 4.79 Å². The molecule has 0 unspecified atom stereocenters. The number of hydrogen-bond donors (Lipinski definition) is 1. The average Bonchev–Trinajstić information content (AvgIpc) is 3.09. The molecule has 2 atom stereocenters. The fourth-order valence-electron chi connectivity index (χ4n) is 2.50. The number of nitrogens with zero attached hydrogens (tertiary/aromatic N) is 2. The Kier molecular flexibility index (Phi) is 6.24. The van der Waals surface area contributed by atoms with E-state index in [0.717, 1.165) is 11.1 Å². The molecule has 0 saturated carbocycles. The van der Waals surface area contributed by atoms with Gasteiger partial charge in [-0.2, -0.15) is 0 Å². The number of hydrogen-bond acceptors (Lipinski definition) is 5. The Morgan fingerprint density at radius 1 is 1.11 bits per heavy atom. The van der Waals surface area contributed by atoms with Crippen LogP contribution >= 0.6 is 11.8 Å². The summed E-state index contributed by atoms with van der Waals surface area (Å²) in [7, 11) is 0. The molecule has 27 heavy (non-hydrogen) atoms. The fourth-order valence-corrected chi connectivity index (χ4v) is 3.21. The molecule has 0 fully saturated rings. The van der Waals surface area contributed by atoms with Gasteiger partial charge in [-0.05, 0) is 37.1 Å². The third kappa shape index (κ3) is 5.40. The van der Waals surface area contributed by atoms with Crippen LogP contribution in [0.5, 0.6) is 0 Å². The Bertz CT molecular complexity index is 884. The van der Waals surface area contributed by atoms with Gasteiger partial charge in [0, 0.05) is 0 Å². The highest BCUT2D eigenvalue weighted by atomic mass is 32.2. The minimum absolute atomic E-state index is 0.153. The summed E-state index contributed by atoms with van der Waals surface area (Å²) in [4.78, 5) is 12.4. The van der Waals surface area contributed by atoms with Gasteiger partial charge in [0.1, 0.15) is 5.82 Å². The summed E-state index contributed by atoms with van der Waals surface area (Å²) in [6, 6.07) is 15.7. The van der Waals surface area contributed by atoms with Crippen LogP contribution in [-0.2, 0) is 11.2 Å². The molecular weight excluding hydrogens is 365 g/mol. The van der Waals surface area contributed by atoms with Gasteiger partial charge < -0.3 is 9.73 Å². The van der Waals surface area contributed by atoms with E-state index in [2.05, 4.69) is 15.5 Å².